The Morgan fingerprint density at radius 2 is 1.71 bits per heavy atom. The minimum Gasteiger partial charge on any atom is -0.744 e. The van der Waals surface area contributed by atoms with Gasteiger partial charge in [0.15, 0.2) is 0 Å². The van der Waals surface area contributed by atoms with E-state index in [9.17, 15) is 13.0 Å². The van der Waals surface area contributed by atoms with Crippen LogP contribution in [-0.4, -0.2) is 13.0 Å². The Hall–Kier alpha value is -0.390. The molecule has 0 aliphatic heterocycles. The summed E-state index contributed by atoms with van der Waals surface area (Å²) in [5.41, 5.74) is 1.62. The topological polar surface area (TPSA) is 57.2 Å². The van der Waals surface area contributed by atoms with Crippen LogP contribution < -0.4 is 29.6 Å². The fourth-order valence-electron chi connectivity index (χ4n) is 1.86. The normalized spacial score (nSPS) is 11.2. The van der Waals surface area contributed by atoms with E-state index in [4.69, 9.17) is 0 Å². The minimum absolute atomic E-state index is 0. The fourth-order valence-corrected chi connectivity index (χ4v) is 2.58. The summed E-state index contributed by atoms with van der Waals surface area (Å²) < 4.78 is 33.0. The van der Waals surface area contributed by atoms with Crippen LogP contribution in [0.4, 0.5) is 0 Å². The third-order valence-corrected chi connectivity index (χ3v) is 3.65. The first-order chi connectivity index (χ1) is 7.39. The standard InChI is InChI=1S/C12H12O3S.Na/c1-8-3-5-11-9(2)12(16(13,14)15)6-4-10(11)7-8;/h3-7H,1-2H3,(H,13,14,15);/q;+1/p-1. The predicted octanol–water partition coefficient (Wildman–Crippen LogP) is -0.635. The van der Waals surface area contributed by atoms with Crippen molar-refractivity contribution in [2.75, 3.05) is 0 Å². The van der Waals surface area contributed by atoms with Gasteiger partial charge in [-0.3, -0.25) is 0 Å². The van der Waals surface area contributed by atoms with Crippen LogP contribution in [-0.2, 0) is 10.1 Å². The van der Waals surface area contributed by atoms with E-state index < -0.39 is 10.1 Å². The zero-order valence-corrected chi connectivity index (χ0v) is 12.8. The van der Waals surface area contributed by atoms with E-state index in [0.717, 1.165) is 16.3 Å². The van der Waals surface area contributed by atoms with Crippen molar-refractivity contribution in [1.82, 2.24) is 0 Å². The molecule has 0 radical (unpaired) electrons. The van der Waals surface area contributed by atoms with E-state index in [2.05, 4.69) is 0 Å². The van der Waals surface area contributed by atoms with Crippen molar-refractivity contribution >= 4 is 20.9 Å². The molecule has 17 heavy (non-hydrogen) atoms. The Balaban J connectivity index is 0.00000144. The molecule has 0 fully saturated rings. The first kappa shape index (κ1) is 14.7. The summed E-state index contributed by atoms with van der Waals surface area (Å²) in [4.78, 5) is -0.135. The monoisotopic (exact) mass is 258 g/mol. The molecule has 0 saturated heterocycles. The van der Waals surface area contributed by atoms with Gasteiger partial charge < -0.3 is 4.55 Å². The van der Waals surface area contributed by atoms with E-state index in [1.54, 1.807) is 13.0 Å². The van der Waals surface area contributed by atoms with Gasteiger partial charge >= 0.3 is 29.6 Å². The maximum Gasteiger partial charge on any atom is 1.00 e. The Labute approximate surface area is 123 Å². The van der Waals surface area contributed by atoms with Crippen molar-refractivity contribution in [1.29, 1.82) is 0 Å². The summed E-state index contributed by atoms with van der Waals surface area (Å²) in [6, 6.07) is 8.74. The molecule has 0 saturated carbocycles. The molecule has 84 valence electrons. The van der Waals surface area contributed by atoms with Crippen LogP contribution in [0.3, 0.4) is 0 Å². The van der Waals surface area contributed by atoms with Gasteiger partial charge in [-0.1, -0.05) is 29.8 Å². The Morgan fingerprint density at radius 1 is 1.06 bits per heavy atom. The second-order valence-electron chi connectivity index (χ2n) is 3.87. The van der Waals surface area contributed by atoms with Crippen molar-refractivity contribution in [3.05, 3.63) is 41.5 Å². The molecule has 0 unspecified atom stereocenters. The Morgan fingerprint density at radius 3 is 2.29 bits per heavy atom. The number of rotatable bonds is 1. The molecule has 2 rings (SSSR count). The van der Waals surface area contributed by atoms with Gasteiger partial charge in [-0.05, 0) is 36.2 Å². The van der Waals surface area contributed by atoms with E-state index in [1.807, 2.05) is 25.1 Å². The third-order valence-electron chi connectivity index (χ3n) is 2.66. The van der Waals surface area contributed by atoms with Gasteiger partial charge in [-0.2, -0.15) is 0 Å². The molecule has 2 aromatic rings. The molecule has 0 aliphatic rings. The minimum atomic E-state index is -4.39. The number of hydrogen-bond donors (Lipinski definition) is 0. The van der Waals surface area contributed by atoms with E-state index in [0.29, 0.717) is 5.56 Å². The summed E-state index contributed by atoms with van der Waals surface area (Å²) in [6.45, 7) is 3.62. The molecule has 3 nitrogen and oxygen atoms in total. The van der Waals surface area contributed by atoms with Gasteiger partial charge in [-0.25, -0.2) is 8.42 Å². The largest absolute Gasteiger partial charge is 1.00 e. The second kappa shape index (κ2) is 5.08. The number of benzene rings is 2. The van der Waals surface area contributed by atoms with E-state index in [1.165, 1.54) is 6.07 Å². The van der Waals surface area contributed by atoms with E-state index in [-0.39, 0.29) is 34.5 Å². The smallest absolute Gasteiger partial charge is 0.744 e. The van der Waals surface area contributed by atoms with Gasteiger partial charge in [0.1, 0.15) is 10.1 Å². The summed E-state index contributed by atoms with van der Waals surface area (Å²) >= 11 is 0. The van der Waals surface area contributed by atoms with Crippen LogP contribution >= 0.6 is 0 Å². The summed E-state index contributed by atoms with van der Waals surface area (Å²) in [5, 5.41) is 1.76. The van der Waals surface area contributed by atoms with Gasteiger partial charge in [0.25, 0.3) is 0 Å². The average Bonchev–Trinajstić information content (AvgIpc) is 2.15. The average molecular weight is 258 g/mol. The summed E-state index contributed by atoms with van der Waals surface area (Å²) in [5.74, 6) is 0. The third kappa shape index (κ3) is 2.89. The van der Waals surface area contributed by atoms with Crippen molar-refractivity contribution in [3.63, 3.8) is 0 Å². The molecule has 2 aromatic carbocycles. The van der Waals surface area contributed by atoms with Gasteiger partial charge in [0.05, 0.1) is 4.90 Å². The maximum atomic E-state index is 11.0. The molecule has 0 bridgehead atoms. The van der Waals surface area contributed by atoms with Gasteiger partial charge in [0.2, 0.25) is 0 Å². The molecule has 5 heteroatoms. The SMILES string of the molecule is Cc1ccc2c(C)c(S(=O)(=O)[O-])ccc2c1.[Na+]. The summed E-state index contributed by atoms with van der Waals surface area (Å²) in [7, 11) is -4.39. The molecular formula is C12H11NaO3S. The molecule has 0 aliphatic carbocycles. The Bertz CT molecular complexity index is 663. The van der Waals surface area contributed by atoms with Crippen molar-refractivity contribution < 1.29 is 42.5 Å². The van der Waals surface area contributed by atoms with Crippen LogP contribution in [0.15, 0.2) is 35.2 Å². The molecule has 0 N–H and O–H groups in total. The van der Waals surface area contributed by atoms with Crippen LogP contribution in [0.2, 0.25) is 0 Å². The number of hydrogen-bond acceptors (Lipinski definition) is 3. The van der Waals surface area contributed by atoms with E-state index >= 15 is 0 Å². The zero-order valence-electron chi connectivity index (χ0n) is 10.0. The maximum absolute atomic E-state index is 11.0. The quantitative estimate of drug-likeness (QED) is 0.505. The van der Waals surface area contributed by atoms with Crippen LogP contribution in [0.25, 0.3) is 10.8 Å². The van der Waals surface area contributed by atoms with Crippen molar-refractivity contribution in [2.45, 2.75) is 18.7 Å². The second-order valence-corrected chi connectivity index (χ2v) is 5.22. The molecule has 0 atom stereocenters. The molecule has 0 heterocycles. The molecule has 0 amide bonds. The van der Waals surface area contributed by atoms with Gasteiger partial charge in [-0.15, -0.1) is 0 Å². The van der Waals surface area contributed by atoms with Crippen LogP contribution in [0.1, 0.15) is 11.1 Å². The van der Waals surface area contributed by atoms with Crippen LogP contribution in [0.5, 0.6) is 0 Å². The van der Waals surface area contributed by atoms with Crippen molar-refractivity contribution in [3.8, 4) is 0 Å². The van der Waals surface area contributed by atoms with Crippen molar-refractivity contribution in [2.24, 2.45) is 0 Å². The number of fused-ring (bicyclic) bond motifs is 1. The molecule has 0 aromatic heterocycles. The van der Waals surface area contributed by atoms with Crippen LogP contribution in [0, 0.1) is 13.8 Å². The summed E-state index contributed by atoms with van der Waals surface area (Å²) in [6.07, 6.45) is 0. The fraction of sp³-hybridized carbons (Fsp3) is 0.167. The molecule has 0 spiro atoms. The predicted molar refractivity (Wildman–Crippen MR) is 61.4 cm³/mol. The first-order valence-electron chi connectivity index (χ1n) is 4.85. The zero-order chi connectivity index (χ0) is 11.9. The molecular weight excluding hydrogens is 247 g/mol. The Kier molecular flexibility index (Phi) is 4.38. The number of aryl methyl sites for hydroxylation is 2. The first-order valence-corrected chi connectivity index (χ1v) is 6.26. The van der Waals surface area contributed by atoms with Gasteiger partial charge in [0, 0.05) is 0 Å².